The van der Waals surface area contributed by atoms with Gasteiger partial charge in [0.1, 0.15) is 11.5 Å². The van der Waals surface area contributed by atoms with Gasteiger partial charge in [0.15, 0.2) is 0 Å². The second-order valence-corrected chi connectivity index (χ2v) is 5.73. The Morgan fingerprint density at radius 1 is 1.05 bits per heavy atom. The van der Waals surface area contributed by atoms with Gasteiger partial charge >= 0.3 is 0 Å². The second kappa shape index (κ2) is 6.62. The van der Waals surface area contributed by atoms with E-state index in [-0.39, 0.29) is 0 Å². The van der Waals surface area contributed by atoms with Crippen LogP contribution in [0.5, 0.6) is 11.5 Å². The van der Waals surface area contributed by atoms with E-state index in [2.05, 4.69) is 15.9 Å². The summed E-state index contributed by atoms with van der Waals surface area (Å²) in [5.74, 6) is 1.26. The number of ether oxygens (including phenoxy) is 1. The molecule has 2 aromatic carbocycles. The van der Waals surface area contributed by atoms with E-state index in [1.54, 1.807) is 18.2 Å². The first-order valence-corrected chi connectivity index (χ1v) is 7.26. The molecule has 19 heavy (non-hydrogen) atoms. The number of benzene rings is 2. The lowest BCUT2D eigenvalue weighted by molar-refractivity contribution is 0.476. The zero-order valence-corrected chi connectivity index (χ0v) is 13.1. The molecule has 0 amide bonds. The van der Waals surface area contributed by atoms with Gasteiger partial charge in [-0.3, -0.25) is 0 Å². The Morgan fingerprint density at radius 3 is 2.58 bits per heavy atom. The van der Waals surface area contributed by atoms with E-state index >= 15 is 0 Å². The third-order valence-corrected chi connectivity index (χ3v) is 3.60. The molecule has 0 aliphatic carbocycles. The van der Waals surface area contributed by atoms with Gasteiger partial charge in [-0.1, -0.05) is 45.2 Å². The maximum atomic E-state index is 6.10. The molecule has 0 aliphatic heterocycles. The monoisotopic (exact) mass is 359 g/mol. The van der Waals surface area contributed by atoms with Crippen LogP contribution in [0, 0.1) is 0 Å². The van der Waals surface area contributed by atoms with E-state index < -0.39 is 0 Å². The van der Waals surface area contributed by atoms with Gasteiger partial charge in [-0.05, 0) is 42.8 Å². The van der Waals surface area contributed by atoms with Crippen molar-refractivity contribution < 1.29 is 4.74 Å². The minimum absolute atomic E-state index is 0.517. The predicted molar refractivity (Wildman–Crippen MR) is 83.4 cm³/mol. The normalized spacial score (nSPS) is 10.5. The van der Waals surface area contributed by atoms with Crippen LogP contribution in [0.3, 0.4) is 0 Å². The SMILES string of the molecule is NCCc1ccc(Br)cc1Oc1cc(Cl)ccc1Cl. The highest BCUT2D eigenvalue weighted by molar-refractivity contribution is 9.10. The van der Waals surface area contributed by atoms with Crippen LogP contribution in [0.2, 0.25) is 10.0 Å². The Bertz CT molecular complexity index is 590. The van der Waals surface area contributed by atoms with Crippen LogP contribution < -0.4 is 10.5 Å². The molecule has 2 N–H and O–H groups in total. The van der Waals surface area contributed by atoms with E-state index in [1.807, 2.05) is 18.2 Å². The Kier molecular flexibility index (Phi) is 5.11. The Morgan fingerprint density at radius 2 is 1.84 bits per heavy atom. The van der Waals surface area contributed by atoms with Gasteiger partial charge in [-0.25, -0.2) is 0 Å². The topological polar surface area (TPSA) is 35.2 Å². The highest BCUT2D eigenvalue weighted by Crippen LogP contribution is 2.34. The quantitative estimate of drug-likeness (QED) is 0.827. The van der Waals surface area contributed by atoms with E-state index in [0.717, 1.165) is 22.2 Å². The number of hydrogen-bond acceptors (Lipinski definition) is 2. The summed E-state index contributed by atoms with van der Waals surface area (Å²) in [4.78, 5) is 0. The van der Waals surface area contributed by atoms with Crippen molar-refractivity contribution in [3.8, 4) is 11.5 Å². The van der Waals surface area contributed by atoms with Crippen LogP contribution in [0.4, 0.5) is 0 Å². The van der Waals surface area contributed by atoms with Gasteiger partial charge in [-0.15, -0.1) is 0 Å². The molecule has 100 valence electrons. The van der Waals surface area contributed by atoms with Gasteiger partial charge in [0, 0.05) is 15.6 Å². The lowest BCUT2D eigenvalue weighted by Crippen LogP contribution is -2.04. The molecule has 0 fully saturated rings. The summed E-state index contributed by atoms with van der Waals surface area (Å²) in [6.07, 6.45) is 0.737. The van der Waals surface area contributed by atoms with E-state index in [4.69, 9.17) is 33.7 Å². The molecule has 2 aromatic rings. The fraction of sp³-hybridized carbons (Fsp3) is 0.143. The molecule has 0 radical (unpaired) electrons. The van der Waals surface area contributed by atoms with Crippen molar-refractivity contribution in [2.45, 2.75) is 6.42 Å². The molecule has 0 aliphatic rings. The molecule has 0 spiro atoms. The zero-order valence-electron chi connectivity index (χ0n) is 10.00. The van der Waals surface area contributed by atoms with Gasteiger partial charge < -0.3 is 10.5 Å². The standard InChI is InChI=1S/C14H12BrCl2NO/c15-10-2-1-9(5-6-18)13(7-10)19-14-8-11(16)3-4-12(14)17/h1-4,7-8H,5-6,18H2. The summed E-state index contributed by atoms with van der Waals surface area (Å²) in [6, 6.07) is 10.9. The lowest BCUT2D eigenvalue weighted by atomic mass is 10.1. The molecule has 0 saturated heterocycles. The Hall–Kier alpha value is -0.740. The maximum Gasteiger partial charge on any atom is 0.147 e. The summed E-state index contributed by atoms with van der Waals surface area (Å²) < 4.78 is 6.78. The average Bonchev–Trinajstić information content (AvgIpc) is 2.37. The smallest absolute Gasteiger partial charge is 0.147 e. The number of hydrogen-bond donors (Lipinski definition) is 1. The molecule has 0 bridgehead atoms. The maximum absolute atomic E-state index is 6.10. The molecule has 2 rings (SSSR count). The van der Waals surface area contributed by atoms with Crippen LogP contribution in [-0.4, -0.2) is 6.54 Å². The Balaban J connectivity index is 2.36. The summed E-state index contributed by atoms with van der Waals surface area (Å²) >= 11 is 15.5. The van der Waals surface area contributed by atoms with Crippen LogP contribution in [-0.2, 0) is 6.42 Å². The molecule has 0 unspecified atom stereocenters. The van der Waals surface area contributed by atoms with Gasteiger partial charge in [0.2, 0.25) is 0 Å². The molecule has 5 heteroatoms. The van der Waals surface area contributed by atoms with Crippen molar-refractivity contribution >= 4 is 39.1 Å². The second-order valence-electron chi connectivity index (χ2n) is 3.97. The van der Waals surface area contributed by atoms with Crippen molar-refractivity contribution in [3.05, 3.63) is 56.5 Å². The molecule has 0 atom stereocenters. The van der Waals surface area contributed by atoms with Crippen LogP contribution in [0.15, 0.2) is 40.9 Å². The van der Waals surface area contributed by atoms with Crippen LogP contribution in [0.25, 0.3) is 0 Å². The fourth-order valence-corrected chi connectivity index (χ4v) is 2.32. The third kappa shape index (κ3) is 3.86. The van der Waals surface area contributed by atoms with Crippen molar-refractivity contribution in [2.24, 2.45) is 5.73 Å². The first-order valence-electron chi connectivity index (χ1n) is 5.71. The van der Waals surface area contributed by atoms with Gasteiger partial charge in [-0.2, -0.15) is 0 Å². The molecule has 0 heterocycles. The highest BCUT2D eigenvalue weighted by atomic mass is 79.9. The van der Waals surface area contributed by atoms with E-state index in [9.17, 15) is 0 Å². The number of rotatable bonds is 4. The molecular weight excluding hydrogens is 349 g/mol. The summed E-state index contributed by atoms with van der Waals surface area (Å²) in [5.41, 5.74) is 6.63. The molecule has 2 nitrogen and oxygen atoms in total. The minimum Gasteiger partial charge on any atom is -0.455 e. The first-order chi connectivity index (χ1) is 9.10. The number of halogens is 3. The molecular formula is C14H12BrCl2NO. The van der Waals surface area contributed by atoms with Crippen molar-refractivity contribution in [1.82, 2.24) is 0 Å². The Labute approximate surface area is 130 Å². The summed E-state index contributed by atoms with van der Waals surface area (Å²) in [6.45, 7) is 0.557. The van der Waals surface area contributed by atoms with Crippen LogP contribution in [0.1, 0.15) is 5.56 Å². The van der Waals surface area contributed by atoms with Crippen LogP contribution >= 0.6 is 39.1 Å². The van der Waals surface area contributed by atoms with Crippen molar-refractivity contribution in [1.29, 1.82) is 0 Å². The van der Waals surface area contributed by atoms with Gasteiger partial charge in [0.25, 0.3) is 0 Å². The molecule has 0 saturated carbocycles. The van der Waals surface area contributed by atoms with Gasteiger partial charge in [0.05, 0.1) is 5.02 Å². The lowest BCUT2D eigenvalue weighted by Gasteiger charge is -2.12. The largest absolute Gasteiger partial charge is 0.455 e. The van der Waals surface area contributed by atoms with Crippen molar-refractivity contribution in [2.75, 3.05) is 6.54 Å². The zero-order chi connectivity index (χ0) is 13.8. The third-order valence-electron chi connectivity index (χ3n) is 2.56. The summed E-state index contributed by atoms with van der Waals surface area (Å²) in [5, 5.41) is 1.10. The van der Waals surface area contributed by atoms with Crippen molar-refractivity contribution in [3.63, 3.8) is 0 Å². The molecule has 0 aromatic heterocycles. The van der Waals surface area contributed by atoms with E-state index in [0.29, 0.717) is 22.3 Å². The minimum atomic E-state index is 0.517. The fourth-order valence-electron chi connectivity index (χ4n) is 1.66. The first kappa shape index (κ1) is 14.7. The average molecular weight is 361 g/mol. The van der Waals surface area contributed by atoms with E-state index in [1.165, 1.54) is 0 Å². The summed E-state index contributed by atoms with van der Waals surface area (Å²) in [7, 11) is 0. The number of nitrogens with two attached hydrogens (primary N) is 1. The highest BCUT2D eigenvalue weighted by Gasteiger charge is 2.09. The predicted octanol–water partition coefficient (Wildman–Crippen LogP) is 5.05.